The Hall–Kier alpha value is -1.81. The number of hydrogen-bond acceptors (Lipinski definition) is 2. The number of rotatable bonds is 4. The fourth-order valence-corrected chi connectivity index (χ4v) is 2.04. The number of nitrogens with one attached hydrogen (secondary N) is 2. The molecule has 0 amide bonds. The zero-order valence-corrected chi connectivity index (χ0v) is 10.8. The van der Waals surface area contributed by atoms with Gasteiger partial charge in [-0.15, -0.1) is 0 Å². The average molecular weight is 245 g/mol. The smallest absolute Gasteiger partial charge is 0.269 e. The molecule has 0 aliphatic rings. The topological polar surface area (TPSA) is 74.7 Å². The molecule has 4 nitrogen and oxygen atoms in total. The van der Waals surface area contributed by atoms with E-state index in [0.29, 0.717) is 11.5 Å². The molecule has 4 N–H and O–H groups in total. The Morgan fingerprint density at radius 3 is 2.44 bits per heavy atom. The van der Waals surface area contributed by atoms with Crippen molar-refractivity contribution >= 4 is 0 Å². The highest BCUT2D eigenvalue weighted by atomic mass is 16.1. The van der Waals surface area contributed by atoms with E-state index in [0.717, 1.165) is 17.7 Å². The summed E-state index contributed by atoms with van der Waals surface area (Å²) in [6, 6.07) is 8.27. The largest absolute Gasteiger partial charge is 0.326 e. The maximum Gasteiger partial charge on any atom is 0.269 e. The highest BCUT2D eigenvalue weighted by Crippen LogP contribution is 2.23. The van der Waals surface area contributed by atoms with Crippen LogP contribution in [-0.2, 0) is 6.54 Å². The van der Waals surface area contributed by atoms with Crippen molar-refractivity contribution in [2.75, 3.05) is 0 Å². The summed E-state index contributed by atoms with van der Waals surface area (Å²) in [7, 11) is 0. The molecule has 96 valence electrons. The summed E-state index contributed by atoms with van der Waals surface area (Å²) in [4.78, 5) is 11.5. The Labute approximate surface area is 106 Å². The van der Waals surface area contributed by atoms with Crippen LogP contribution >= 0.6 is 0 Å². The van der Waals surface area contributed by atoms with Gasteiger partial charge >= 0.3 is 0 Å². The molecule has 0 aliphatic carbocycles. The van der Waals surface area contributed by atoms with Crippen LogP contribution in [0.2, 0.25) is 0 Å². The number of aromatic nitrogens is 2. The Morgan fingerprint density at radius 2 is 1.89 bits per heavy atom. The molecule has 4 heteroatoms. The van der Waals surface area contributed by atoms with Crippen molar-refractivity contribution in [2.24, 2.45) is 5.73 Å². The average Bonchev–Trinajstić information content (AvgIpc) is 2.79. The number of hydrogen-bond donors (Lipinski definition) is 3. The fourth-order valence-electron chi connectivity index (χ4n) is 2.04. The number of benzene rings is 1. The maximum atomic E-state index is 11.5. The minimum Gasteiger partial charge on any atom is -0.326 e. The van der Waals surface area contributed by atoms with E-state index in [2.05, 4.69) is 36.2 Å². The number of nitrogens with two attached hydrogens (primary N) is 1. The normalized spacial score (nSPS) is 12.6. The first-order valence-corrected chi connectivity index (χ1v) is 6.27. The lowest BCUT2D eigenvalue weighted by atomic mass is 9.96. The Morgan fingerprint density at radius 1 is 1.22 bits per heavy atom. The first-order chi connectivity index (χ1) is 8.67. The molecule has 0 spiro atoms. The van der Waals surface area contributed by atoms with Crippen molar-refractivity contribution in [1.82, 2.24) is 10.2 Å². The number of aromatic amines is 2. The fraction of sp³-hybridized carbons (Fsp3) is 0.357. The molecule has 1 heterocycles. The van der Waals surface area contributed by atoms with Crippen LogP contribution in [0.25, 0.3) is 11.3 Å². The highest BCUT2D eigenvalue weighted by molar-refractivity contribution is 5.62. The molecule has 1 atom stereocenters. The number of H-pyrrole nitrogens is 2. The van der Waals surface area contributed by atoms with Gasteiger partial charge in [-0.3, -0.25) is 15.0 Å². The maximum absolute atomic E-state index is 11.5. The van der Waals surface area contributed by atoms with E-state index >= 15 is 0 Å². The van der Waals surface area contributed by atoms with E-state index in [-0.39, 0.29) is 12.1 Å². The summed E-state index contributed by atoms with van der Waals surface area (Å²) < 4.78 is 0. The first kappa shape index (κ1) is 12.6. The molecule has 2 rings (SSSR count). The first-order valence-electron chi connectivity index (χ1n) is 6.27. The molecular weight excluding hydrogens is 226 g/mol. The lowest BCUT2D eigenvalue weighted by molar-refractivity contribution is 0.734. The van der Waals surface area contributed by atoms with Gasteiger partial charge in [0.2, 0.25) is 0 Å². The van der Waals surface area contributed by atoms with Crippen molar-refractivity contribution in [3.8, 4) is 11.3 Å². The van der Waals surface area contributed by atoms with E-state index in [4.69, 9.17) is 5.73 Å². The van der Waals surface area contributed by atoms with Crippen LogP contribution in [0.3, 0.4) is 0 Å². The third-order valence-corrected chi connectivity index (χ3v) is 3.46. The highest BCUT2D eigenvalue weighted by Gasteiger charge is 2.10. The molecule has 1 aromatic carbocycles. The van der Waals surface area contributed by atoms with Crippen LogP contribution in [0.15, 0.2) is 29.1 Å². The Bertz CT molecular complexity index is 565. The van der Waals surface area contributed by atoms with Gasteiger partial charge < -0.3 is 5.73 Å². The van der Waals surface area contributed by atoms with Gasteiger partial charge in [0.25, 0.3) is 5.56 Å². The molecule has 0 bridgehead atoms. The monoisotopic (exact) mass is 245 g/mol. The van der Waals surface area contributed by atoms with Crippen molar-refractivity contribution in [3.05, 3.63) is 45.7 Å². The van der Waals surface area contributed by atoms with Crippen molar-refractivity contribution < 1.29 is 0 Å². The van der Waals surface area contributed by atoms with Crippen LogP contribution in [0.4, 0.5) is 0 Å². The van der Waals surface area contributed by atoms with E-state index in [1.54, 1.807) is 0 Å². The van der Waals surface area contributed by atoms with E-state index < -0.39 is 0 Å². The second-order valence-corrected chi connectivity index (χ2v) is 4.57. The van der Waals surface area contributed by atoms with Crippen LogP contribution < -0.4 is 11.3 Å². The molecule has 1 unspecified atom stereocenters. The quantitative estimate of drug-likeness (QED) is 0.773. The Balaban J connectivity index is 2.37. The Kier molecular flexibility index (Phi) is 3.67. The lowest BCUT2D eigenvalue weighted by Gasteiger charge is -2.09. The van der Waals surface area contributed by atoms with Gasteiger partial charge in [0.1, 0.15) is 0 Å². The summed E-state index contributed by atoms with van der Waals surface area (Å²) in [6.07, 6.45) is 1.12. The molecular formula is C14H19N3O. The minimum absolute atomic E-state index is 0.140. The molecule has 0 saturated carbocycles. The zero-order valence-electron chi connectivity index (χ0n) is 10.8. The second kappa shape index (κ2) is 5.23. The lowest BCUT2D eigenvalue weighted by Crippen LogP contribution is -2.10. The summed E-state index contributed by atoms with van der Waals surface area (Å²) in [5, 5.41) is 5.46. The van der Waals surface area contributed by atoms with Crippen molar-refractivity contribution in [2.45, 2.75) is 32.7 Å². The van der Waals surface area contributed by atoms with Crippen LogP contribution in [0.5, 0.6) is 0 Å². The van der Waals surface area contributed by atoms with Gasteiger partial charge in [0.05, 0.1) is 11.3 Å². The van der Waals surface area contributed by atoms with Gasteiger partial charge in [-0.2, -0.15) is 0 Å². The third kappa shape index (κ3) is 2.24. The molecule has 1 aromatic heterocycles. The molecule has 0 saturated heterocycles. The van der Waals surface area contributed by atoms with Crippen LogP contribution in [0.1, 0.15) is 37.3 Å². The SMILES string of the molecule is CCC(C)c1ccc(-c2[nH][nH]c(=O)c2CN)cc1. The van der Waals surface area contributed by atoms with Crippen molar-refractivity contribution in [3.63, 3.8) is 0 Å². The predicted octanol–water partition coefficient (Wildman–Crippen LogP) is 2.34. The van der Waals surface area contributed by atoms with Gasteiger partial charge in [-0.25, -0.2) is 0 Å². The molecule has 18 heavy (non-hydrogen) atoms. The molecule has 2 aromatic rings. The van der Waals surface area contributed by atoms with Gasteiger partial charge in [-0.05, 0) is 23.5 Å². The third-order valence-electron chi connectivity index (χ3n) is 3.46. The summed E-state index contributed by atoms with van der Waals surface area (Å²) in [6.45, 7) is 4.62. The van der Waals surface area contributed by atoms with Crippen LogP contribution in [0, 0.1) is 0 Å². The standard InChI is InChI=1S/C14H19N3O/c1-3-9(2)10-4-6-11(7-5-10)13-12(8-15)14(18)17-16-13/h4-7,9H,3,8,15H2,1-2H3,(H2,16,17,18). The van der Waals surface area contributed by atoms with Gasteiger partial charge in [0, 0.05) is 6.54 Å². The zero-order chi connectivity index (χ0) is 13.1. The minimum atomic E-state index is -0.140. The van der Waals surface area contributed by atoms with Crippen molar-refractivity contribution in [1.29, 1.82) is 0 Å². The van der Waals surface area contributed by atoms with E-state index in [9.17, 15) is 4.79 Å². The summed E-state index contributed by atoms with van der Waals surface area (Å²) in [5.41, 5.74) is 9.15. The van der Waals surface area contributed by atoms with Crippen LogP contribution in [-0.4, -0.2) is 10.2 Å². The summed E-state index contributed by atoms with van der Waals surface area (Å²) >= 11 is 0. The van der Waals surface area contributed by atoms with E-state index in [1.807, 2.05) is 12.1 Å². The van der Waals surface area contributed by atoms with Gasteiger partial charge in [-0.1, -0.05) is 38.1 Å². The molecule has 0 radical (unpaired) electrons. The molecule has 0 fully saturated rings. The van der Waals surface area contributed by atoms with E-state index in [1.165, 1.54) is 5.56 Å². The predicted molar refractivity (Wildman–Crippen MR) is 73.4 cm³/mol. The summed E-state index contributed by atoms with van der Waals surface area (Å²) in [5.74, 6) is 0.554. The second-order valence-electron chi connectivity index (χ2n) is 4.57. The van der Waals surface area contributed by atoms with Gasteiger partial charge in [0.15, 0.2) is 0 Å². The molecule has 0 aliphatic heterocycles.